The summed E-state index contributed by atoms with van der Waals surface area (Å²) in [5.41, 5.74) is 2.68. The lowest BCUT2D eigenvalue weighted by Gasteiger charge is -2.15. The van der Waals surface area contributed by atoms with E-state index < -0.39 is 0 Å². The molecule has 2 aromatic heterocycles. The topological polar surface area (TPSA) is 107 Å². The number of carbonyl (C=O) groups is 2. The van der Waals surface area contributed by atoms with E-state index in [0.717, 1.165) is 17.8 Å². The largest absolute Gasteiger partial charge is 0.346 e. The highest BCUT2D eigenvalue weighted by atomic mass is 16.2. The van der Waals surface area contributed by atoms with E-state index in [9.17, 15) is 9.59 Å². The van der Waals surface area contributed by atoms with Gasteiger partial charge in [-0.15, -0.1) is 0 Å². The van der Waals surface area contributed by atoms with E-state index in [4.69, 9.17) is 0 Å². The molecule has 0 aromatic carbocycles. The Hall–Kier alpha value is -2.64. The second-order valence-corrected chi connectivity index (χ2v) is 7.44. The number of hydrogen-bond acceptors (Lipinski definition) is 4. The Bertz CT molecular complexity index is 791. The number of aromatic amines is 2. The Labute approximate surface area is 152 Å². The highest BCUT2D eigenvalue weighted by Crippen LogP contribution is 2.17. The zero-order valence-electron chi connectivity index (χ0n) is 15.7. The van der Waals surface area contributed by atoms with Crippen LogP contribution in [0.2, 0.25) is 0 Å². The van der Waals surface area contributed by atoms with E-state index in [2.05, 4.69) is 25.7 Å². The lowest BCUT2D eigenvalue weighted by Crippen LogP contribution is -2.38. The van der Waals surface area contributed by atoms with E-state index >= 15 is 0 Å². The number of aromatic nitrogens is 4. The average molecular weight is 358 g/mol. The molecule has 0 aliphatic carbocycles. The summed E-state index contributed by atoms with van der Waals surface area (Å²) >= 11 is 0. The van der Waals surface area contributed by atoms with E-state index in [0.29, 0.717) is 30.4 Å². The molecule has 0 saturated carbocycles. The molecule has 1 atom stereocenters. The molecule has 1 fully saturated rings. The predicted molar refractivity (Wildman–Crippen MR) is 97.1 cm³/mol. The molecule has 0 radical (unpaired) electrons. The molecule has 26 heavy (non-hydrogen) atoms. The zero-order valence-corrected chi connectivity index (χ0v) is 15.7. The summed E-state index contributed by atoms with van der Waals surface area (Å²) in [6.45, 7) is 9.25. The molecule has 3 heterocycles. The van der Waals surface area contributed by atoms with Gasteiger partial charge >= 0.3 is 0 Å². The zero-order chi connectivity index (χ0) is 18.8. The van der Waals surface area contributed by atoms with Crippen molar-refractivity contribution >= 4 is 11.8 Å². The third-order valence-corrected chi connectivity index (χ3v) is 4.70. The molecular formula is C18H26N6O2. The van der Waals surface area contributed by atoms with Crippen LogP contribution >= 0.6 is 0 Å². The van der Waals surface area contributed by atoms with Crippen LogP contribution in [0.1, 0.15) is 78.3 Å². The maximum Gasteiger partial charge on any atom is 0.274 e. The lowest BCUT2D eigenvalue weighted by atomic mass is 10.1. The molecule has 8 nitrogen and oxygen atoms in total. The van der Waals surface area contributed by atoms with Crippen LogP contribution in [0, 0.1) is 0 Å². The Morgan fingerprint density at radius 1 is 1.08 bits per heavy atom. The number of rotatable bonds is 5. The van der Waals surface area contributed by atoms with Crippen molar-refractivity contribution in [1.82, 2.24) is 30.6 Å². The van der Waals surface area contributed by atoms with E-state index in [-0.39, 0.29) is 23.8 Å². The smallest absolute Gasteiger partial charge is 0.274 e. The summed E-state index contributed by atoms with van der Waals surface area (Å²) in [5, 5.41) is 16.9. The minimum Gasteiger partial charge on any atom is -0.346 e. The summed E-state index contributed by atoms with van der Waals surface area (Å²) in [6, 6.07) is 3.50. The van der Waals surface area contributed by atoms with Gasteiger partial charge in [0, 0.05) is 30.5 Å². The van der Waals surface area contributed by atoms with Crippen molar-refractivity contribution in [3.63, 3.8) is 0 Å². The first kappa shape index (κ1) is 18.2. The first-order chi connectivity index (χ1) is 12.3. The molecule has 2 aromatic rings. The monoisotopic (exact) mass is 358 g/mol. The third kappa shape index (κ3) is 3.79. The van der Waals surface area contributed by atoms with E-state index in [1.165, 1.54) is 0 Å². The standard InChI is InChI=1S/C18H26N6O2/c1-10(2)13-7-15(22-20-13)17(25)19-12-5-6-24(9-12)18(26)16-8-14(11(3)4)21-23-16/h7-8,10-12H,5-6,9H2,1-4H3,(H,19,25)(H,20,22)(H,21,23). The normalized spacial score (nSPS) is 17.3. The molecule has 1 unspecified atom stereocenters. The second kappa shape index (κ2) is 7.31. The fraction of sp³-hybridized carbons (Fsp3) is 0.556. The van der Waals surface area contributed by atoms with Crippen molar-refractivity contribution in [3.8, 4) is 0 Å². The van der Waals surface area contributed by atoms with Crippen LogP contribution in [-0.2, 0) is 0 Å². The molecule has 8 heteroatoms. The van der Waals surface area contributed by atoms with Gasteiger partial charge in [-0.25, -0.2) is 0 Å². The number of amides is 2. The summed E-state index contributed by atoms with van der Waals surface area (Å²) in [5.74, 6) is 0.258. The summed E-state index contributed by atoms with van der Waals surface area (Å²) in [6.07, 6.45) is 0.723. The van der Waals surface area contributed by atoms with Gasteiger partial charge in [0.2, 0.25) is 0 Å². The highest BCUT2D eigenvalue weighted by molar-refractivity contribution is 5.94. The lowest BCUT2D eigenvalue weighted by molar-refractivity contribution is 0.0777. The Morgan fingerprint density at radius 2 is 1.65 bits per heavy atom. The molecule has 3 N–H and O–H groups in total. The molecule has 2 amide bonds. The van der Waals surface area contributed by atoms with Crippen LogP contribution in [0.15, 0.2) is 12.1 Å². The van der Waals surface area contributed by atoms with Crippen LogP contribution in [0.3, 0.4) is 0 Å². The van der Waals surface area contributed by atoms with Gasteiger partial charge in [-0.3, -0.25) is 19.8 Å². The van der Waals surface area contributed by atoms with Crippen LogP contribution in [0.25, 0.3) is 0 Å². The van der Waals surface area contributed by atoms with Crippen molar-refractivity contribution in [2.24, 2.45) is 0 Å². The van der Waals surface area contributed by atoms with Crippen molar-refractivity contribution in [2.45, 2.75) is 52.0 Å². The van der Waals surface area contributed by atoms with Crippen molar-refractivity contribution in [1.29, 1.82) is 0 Å². The predicted octanol–water partition coefficient (Wildman–Crippen LogP) is 2.02. The first-order valence-electron chi connectivity index (χ1n) is 9.06. The maximum absolute atomic E-state index is 12.6. The minimum absolute atomic E-state index is 0.0749. The minimum atomic E-state index is -0.214. The third-order valence-electron chi connectivity index (χ3n) is 4.70. The summed E-state index contributed by atoms with van der Waals surface area (Å²) < 4.78 is 0. The number of hydrogen-bond donors (Lipinski definition) is 3. The fourth-order valence-corrected chi connectivity index (χ4v) is 2.97. The molecule has 0 spiro atoms. The van der Waals surface area contributed by atoms with Gasteiger partial charge in [-0.1, -0.05) is 27.7 Å². The van der Waals surface area contributed by atoms with Crippen molar-refractivity contribution < 1.29 is 9.59 Å². The number of H-pyrrole nitrogens is 2. The van der Waals surface area contributed by atoms with Gasteiger partial charge in [-0.05, 0) is 30.4 Å². The SMILES string of the molecule is CC(C)c1cc(C(=O)NC2CCN(C(=O)c3cc(C(C)C)[nH]n3)C2)n[nH]1. The molecule has 0 bridgehead atoms. The van der Waals surface area contributed by atoms with Gasteiger partial charge in [0.1, 0.15) is 11.4 Å². The van der Waals surface area contributed by atoms with Crippen molar-refractivity contribution in [3.05, 3.63) is 34.9 Å². The summed E-state index contributed by atoms with van der Waals surface area (Å²) in [4.78, 5) is 26.7. The van der Waals surface area contributed by atoms with Crippen LogP contribution < -0.4 is 5.32 Å². The fourth-order valence-electron chi connectivity index (χ4n) is 2.97. The molecule has 3 rings (SSSR count). The van der Waals surface area contributed by atoms with Gasteiger partial charge in [0.25, 0.3) is 11.8 Å². The average Bonchev–Trinajstić information content (AvgIpc) is 3.33. The van der Waals surface area contributed by atoms with Crippen LogP contribution in [0.5, 0.6) is 0 Å². The van der Waals surface area contributed by atoms with Crippen LogP contribution in [-0.4, -0.2) is 56.2 Å². The van der Waals surface area contributed by atoms with Gasteiger partial charge in [0.05, 0.1) is 0 Å². The maximum atomic E-state index is 12.6. The molecular weight excluding hydrogens is 332 g/mol. The molecule has 1 saturated heterocycles. The Kier molecular flexibility index (Phi) is 5.11. The van der Waals surface area contributed by atoms with Gasteiger partial charge in [0.15, 0.2) is 0 Å². The van der Waals surface area contributed by atoms with Crippen molar-refractivity contribution in [2.75, 3.05) is 13.1 Å². The number of nitrogens with zero attached hydrogens (tertiary/aromatic N) is 3. The highest BCUT2D eigenvalue weighted by Gasteiger charge is 2.30. The quantitative estimate of drug-likeness (QED) is 0.760. The molecule has 140 valence electrons. The number of carbonyl (C=O) groups excluding carboxylic acids is 2. The summed E-state index contributed by atoms with van der Waals surface area (Å²) in [7, 11) is 0. The van der Waals surface area contributed by atoms with Crippen LogP contribution in [0.4, 0.5) is 0 Å². The van der Waals surface area contributed by atoms with E-state index in [1.807, 2.05) is 27.7 Å². The van der Waals surface area contributed by atoms with E-state index in [1.54, 1.807) is 17.0 Å². The van der Waals surface area contributed by atoms with Gasteiger partial charge < -0.3 is 10.2 Å². The number of likely N-dealkylation sites (tertiary alicyclic amines) is 1. The second-order valence-electron chi connectivity index (χ2n) is 7.44. The van der Waals surface area contributed by atoms with Gasteiger partial charge in [-0.2, -0.15) is 10.2 Å². The Morgan fingerprint density at radius 3 is 2.23 bits per heavy atom. The first-order valence-corrected chi connectivity index (χ1v) is 9.06. The molecule has 1 aliphatic rings. The molecule has 1 aliphatic heterocycles. The Balaban J connectivity index is 1.57. The number of nitrogens with one attached hydrogen (secondary N) is 3.